The van der Waals surface area contributed by atoms with Crippen LogP contribution in [0.3, 0.4) is 0 Å². The van der Waals surface area contributed by atoms with Gasteiger partial charge in [-0.15, -0.1) is 0 Å². The van der Waals surface area contributed by atoms with Gasteiger partial charge in [0.1, 0.15) is 0 Å². The summed E-state index contributed by atoms with van der Waals surface area (Å²) in [5, 5.41) is 3.40. The van der Waals surface area contributed by atoms with Gasteiger partial charge in [-0.25, -0.2) is 12.7 Å². The van der Waals surface area contributed by atoms with Gasteiger partial charge < -0.3 is 10.2 Å². The van der Waals surface area contributed by atoms with E-state index in [0.717, 1.165) is 31.0 Å². The topological polar surface area (TPSA) is 65.0 Å². The van der Waals surface area contributed by atoms with Gasteiger partial charge >= 0.3 is 0 Å². The van der Waals surface area contributed by atoms with E-state index in [4.69, 9.17) is 0 Å². The molecule has 6 nitrogen and oxygen atoms in total. The van der Waals surface area contributed by atoms with Crippen LogP contribution in [0.15, 0.2) is 64.5 Å². The highest BCUT2D eigenvalue weighted by Gasteiger charge is 2.25. The molecule has 0 bridgehead atoms. The van der Waals surface area contributed by atoms with Gasteiger partial charge in [0.2, 0.25) is 10.0 Å². The van der Waals surface area contributed by atoms with Gasteiger partial charge in [-0.3, -0.25) is 4.99 Å². The van der Waals surface area contributed by atoms with Crippen molar-refractivity contribution in [3.05, 3.63) is 65.7 Å². The lowest BCUT2D eigenvalue weighted by molar-refractivity contribution is 0.486. The highest BCUT2D eigenvalue weighted by Crippen LogP contribution is 2.26. The number of aliphatic imine (C=N–C) groups is 1. The quantitative estimate of drug-likeness (QED) is 0.619. The average Bonchev–Trinajstić information content (AvgIpc) is 3.19. The molecule has 1 atom stereocenters. The van der Waals surface area contributed by atoms with Gasteiger partial charge in [0.05, 0.1) is 4.90 Å². The van der Waals surface area contributed by atoms with Crippen molar-refractivity contribution >= 4 is 16.0 Å². The number of nitrogens with one attached hydrogen (secondary N) is 1. The normalized spacial score (nSPS) is 17.9. The van der Waals surface area contributed by atoms with Crippen LogP contribution in [-0.2, 0) is 16.6 Å². The van der Waals surface area contributed by atoms with Crippen LogP contribution in [-0.4, -0.2) is 57.8 Å². The maximum atomic E-state index is 12.2. The maximum absolute atomic E-state index is 12.2. The van der Waals surface area contributed by atoms with E-state index in [1.54, 1.807) is 19.2 Å². The molecule has 0 aromatic heterocycles. The molecule has 1 aliphatic heterocycles. The van der Waals surface area contributed by atoms with Gasteiger partial charge in [-0.1, -0.05) is 42.5 Å². The lowest BCUT2D eigenvalue weighted by Gasteiger charge is -2.22. The zero-order chi connectivity index (χ0) is 20.1. The van der Waals surface area contributed by atoms with Crippen LogP contribution in [0.2, 0.25) is 0 Å². The predicted molar refractivity (Wildman–Crippen MR) is 113 cm³/mol. The van der Waals surface area contributed by atoms with Crippen molar-refractivity contribution in [1.82, 2.24) is 14.5 Å². The van der Waals surface area contributed by atoms with E-state index >= 15 is 0 Å². The van der Waals surface area contributed by atoms with Crippen molar-refractivity contribution in [2.45, 2.75) is 23.8 Å². The molecule has 2 aromatic carbocycles. The minimum Gasteiger partial charge on any atom is -0.352 e. The van der Waals surface area contributed by atoms with E-state index in [-0.39, 0.29) is 0 Å². The molecule has 1 unspecified atom stereocenters. The average molecular weight is 401 g/mol. The Morgan fingerprint density at radius 3 is 2.43 bits per heavy atom. The Kier molecular flexibility index (Phi) is 6.36. The minimum atomic E-state index is -3.39. The third-order valence-corrected chi connectivity index (χ3v) is 6.95. The summed E-state index contributed by atoms with van der Waals surface area (Å²) < 4.78 is 25.5. The summed E-state index contributed by atoms with van der Waals surface area (Å²) in [7, 11) is 1.47. The summed E-state index contributed by atoms with van der Waals surface area (Å²) in [6.07, 6.45) is 1.11. The molecule has 1 fully saturated rings. The summed E-state index contributed by atoms with van der Waals surface area (Å²) in [6.45, 7) is 2.52. The Morgan fingerprint density at radius 1 is 1.14 bits per heavy atom. The van der Waals surface area contributed by atoms with E-state index in [2.05, 4.69) is 39.5 Å². The highest BCUT2D eigenvalue weighted by molar-refractivity contribution is 7.89. The van der Waals surface area contributed by atoms with Gasteiger partial charge in [0.25, 0.3) is 0 Å². The van der Waals surface area contributed by atoms with Gasteiger partial charge in [0, 0.05) is 46.7 Å². The largest absolute Gasteiger partial charge is 0.352 e. The number of rotatable bonds is 5. The van der Waals surface area contributed by atoms with Crippen molar-refractivity contribution in [2.75, 3.05) is 34.2 Å². The molecular weight excluding hydrogens is 372 g/mol. The Morgan fingerprint density at radius 2 is 1.82 bits per heavy atom. The number of hydrogen-bond donors (Lipinski definition) is 1. The molecule has 0 amide bonds. The van der Waals surface area contributed by atoms with Crippen molar-refractivity contribution in [1.29, 1.82) is 0 Å². The van der Waals surface area contributed by atoms with Crippen molar-refractivity contribution in [2.24, 2.45) is 4.99 Å². The number of nitrogens with zero attached hydrogens (tertiary/aromatic N) is 3. The highest BCUT2D eigenvalue weighted by atomic mass is 32.2. The summed E-state index contributed by atoms with van der Waals surface area (Å²) in [5.74, 6) is 1.40. The second-order valence-electron chi connectivity index (χ2n) is 7.17. The van der Waals surface area contributed by atoms with E-state index in [1.165, 1.54) is 24.0 Å². The molecule has 1 saturated heterocycles. The van der Waals surface area contributed by atoms with Crippen molar-refractivity contribution in [3.63, 3.8) is 0 Å². The second-order valence-corrected chi connectivity index (χ2v) is 9.33. The molecule has 0 aliphatic carbocycles. The number of likely N-dealkylation sites (tertiary alicyclic amines) is 1. The van der Waals surface area contributed by atoms with Crippen LogP contribution in [0.1, 0.15) is 23.5 Å². The lowest BCUT2D eigenvalue weighted by atomic mass is 9.99. The van der Waals surface area contributed by atoms with E-state index in [9.17, 15) is 8.42 Å². The van der Waals surface area contributed by atoms with Crippen LogP contribution in [0.5, 0.6) is 0 Å². The number of sulfonamides is 1. The number of hydrogen-bond acceptors (Lipinski definition) is 3. The molecule has 0 radical (unpaired) electrons. The summed E-state index contributed by atoms with van der Waals surface area (Å²) in [5.41, 5.74) is 2.39. The van der Waals surface area contributed by atoms with E-state index in [0.29, 0.717) is 17.4 Å². The third kappa shape index (κ3) is 4.54. The smallest absolute Gasteiger partial charge is 0.242 e. The van der Waals surface area contributed by atoms with E-state index < -0.39 is 10.0 Å². The molecule has 1 N–H and O–H groups in total. The fourth-order valence-electron chi connectivity index (χ4n) is 3.45. The lowest BCUT2D eigenvalue weighted by Crippen LogP contribution is -2.39. The second kappa shape index (κ2) is 8.75. The Hall–Kier alpha value is -2.38. The SMILES string of the molecule is CN=C(NCc1ccc(S(=O)(=O)N(C)C)cc1)N1CCC(c2ccccc2)C1. The molecule has 2 aromatic rings. The monoisotopic (exact) mass is 400 g/mol. The predicted octanol–water partition coefficient (Wildman–Crippen LogP) is 2.50. The zero-order valence-corrected chi connectivity index (χ0v) is 17.5. The zero-order valence-electron chi connectivity index (χ0n) is 16.7. The van der Waals surface area contributed by atoms with E-state index in [1.807, 2.05) is 18.2 Å². The molecule has 1 aliphatic rings. The summed E-state index contributed by atoms with van der Waals surface area (Å²) in [4.78, 5) is 7.00. The first-order chi connectivity index (χ1) is 13.4. The Labute approximate surface area is 167 Å². The summed E-state index contributed by atoms with van der Waals surface area (Å²) >= 11 is 0. The molecule has 0 spiro atoms. The first-order valence-electron chi connectivity index (χ1n) is 9.44. The molecule has 7 heteroatoms. The maximum Gasteiger partial charge on any atom is 0.242 e. The Bertz CT molecular complexity index is 909. The van der Waals surface area contributed by atoms with Gasteiger partial charge in [-0.2, -0.15) is 0 Å². The minimum absolute atomic E-state index is 0.302. The van der Waals surface area contributed by atoms with Gasteiger partial charge in [0.15, 0.2) is 5.96 Å². The van der Waals surface area contributed by atoms with Crippen LogP contribution in [0.25, 0.3) is 0 Å². The van der Waals surface area contributed by atoms with Crippen molar-refractivity contribution in [3.8, 4) is 0 Å². The fourth-order valence-corrected chi connectivity index (χ4v) is 4.36. The molecular formula is C21H28N4O2S. The van der Waals surface area contributed by atoms with Crippen LogP contribution < -0.4 is 5.32 Å². The van der Waals surface area contributed by atoms with Gasteiger partial charge in [-0.05, 0) is 29.7 Å². The van der Waals surface area contributed by atoms with Crippen LogP contribution in [0, 0.1) is 0 Å². The molecule has 28 heavy (non-hydrogen) atoms. The Balaban J connectivity index is 1.59. The van der Waals surface area contributed by atoms with Crippen LogP contribution in [0.4, 0.5) is 0 Å². The summed E-state index contributed by atoms with van der Waals surface area (Å²) in [6, 6.07) is 17.6. The molecule has 150 valence electrons. The number of guanidine groups is 1. The van der Waals surface area contributed by atoms with Crippen LogP contribution >= 0.6 is 0 Å². The first kappa shape index (κ1) is 20.4. The molecule has 3 rings (SSSR count). The molecule has 0 saturated carbocycles. The fraction of sp³-hybridized carbons (Fsp3) is 0.381. The molecule has 1 heterocycles. The first-order valence-corrected chi connectivity index (χ1v) is 10.9. The standard InChI is InChI=1S/C21H28N4O2S/c1-22-21(25-14-13-19(16-25)18-7-5-4-6-8-18)23-15-17-9-11-20(12-10-17)28(26,27)24(2)3/h4-12,19H,13-16H2,1-3H3,(H,22,23). The number of benzene rings is 2. The third-order valence-electron chi connectivity index (χ3n) is 5.12. The van der Waals surface area contributed by atoms with Crippen molar-refractivity contribution < 1.29 is 8.42 Å².